The first-order chi connectivity index (χ1) is 25.2. The predicted molar refractivity (Wildman–Crippen MR) is 214 cm³/mol. The second-order valence-electron chi connectivity index (χ2n) is 13.4. The van der Waals surface area contributed by atoms with Crippen LogP contribution in [0, 0.1) is 0 Å². The van der Waals surface area contributed by atoms with Gasteiger partial charge in [0, 0.05) is 50.9 Å². The molecule has 4 nitrogen and oxygen atoms in total. The van der Waals surface area contributed by atoms with Crippen LogP contribution in [0.15, 0.2) is 145 Å². The molecule has 2 aliphatic carbocycles. The molecular formula is C46H35BN2O2. The van der Waals surface area contributed by atoms with Gasteiger partial charge >= 0.3 is 0 Å². The lowest BCUT2D eigenvalue weighted by molar-refractivity contribution is 0.410. The van der Waals surface area contributed by atoms with Gasteiger partial charge in [-0.15, -0.1) is 0 Å². The minimum absolute atomic E-state index is 0.115. The van der Waals surface area contributed by atoms with E-state index in [4.69, 9.17) is 9.47 Å². The van der Waals surface area contributed by atoms with Gasteiger partial charge in [-0.25, -0.2) is 0 Å². The number of allylic oxidation sites excluding steroid dienone is 7. The second kappa shape index (κ2) is 11.7. The number of fused-ring (bicyclic) bond motifs is 11. The fourth-order valence-corrected chi connectivity index (χ4v) is 8.40. The highest BCUT2D eigenvalue weighted by molar-refractivity contribution is 6.93. The molecule has 10 rings (SSSR count). The predicted octanol–water partition coefficient (Wildman–Crippen LogP) is 10.1. The van der Waals surface area contributed by atoms with Gasteiger partial charge in [0.25, 0.3) is 6.71 Å². The van der Waals surface area contributed by atoms with E-state index in [2.05, 4.69) is 155 Å². The van der Waals surface area contributed by atoms with Crippen LogP contribution in [0.4, 0.5) is 0 Å². The molecule has 51 heavy (non-hydrogen) atoms. The number of hydrogen-bond donors (Lipinski definition) is 0. The summed E-state index contributed by atoms with van der Waals surface area (Å²) >= 11 is 0. The van der Waals surface area contributed by atoms with Crippen LogP contribution in [0.3, 0.4) is 0 Å². The van der Waals surface area contributed by atoms with Gasteiger partial charge < -0.3 is 18.6 Å². The lowest BCUT2D eigenvalue weighted by Gasteiger charge is -2.34. The molecule has 4 aliphatic rings. The Labute approximate surface area is 298 Å². The molecule has 0 saturated carbocycles. The summed E-state index contributed by atoms with van der Waals surface area (Å²) in [7, 11) is 0. The summed E-state index contributed by atoms with van der Waals surface area (Å²) in [5.41, 5.74) is 12.6. The Bertz CT molecular complexity index is 2630. The van der Waals surface area contributed by atoms with E-state index in [-0.39, 0.29) is 6.71 Å². The van der Waals surface area contributed by atoms with E-state index in [1.54, 1.807) is 0 Å². The molecule has 0 radical (unpaired) electrons. The third-order valence-electron chi connectivity index (χ3n) is 10.6. The Balaban J connectivity index is 1.28. The summed E-state index contributed by atoms with van der Waals surface area (Å²) in [5, 5.41) is 2.40. The first kappa shape index (κ1) is 29.7. The molecule has 6 aromatic rings. The lowest BCUT2D eigenvalue weighted by atomic mass is 9.34. The number of hydrogen-bond acceptors (Lipinski definition) is 2. The lowest BCUT2D eigenvalue weighted by Crippen LogP contribution is -2.51. The Morgan fingerprint density at radius 1 is 0.647 bits per heavy atom. The molecule has 0 spiro atoms. The maximum absolute atomic E-state index is 6.83. The molecule has 0 bridgehead atoms. The molecule has 0 saturated heterocycles. The first-order valence-electron chi connectivity index (χ1n) is 17.8. The van der Waals surface area contributed by atoms with Crippen LogP contribution in [-0.2, 0) is 0 Å². The molecule has 244 valence electrons. The smallest absolute Gasteiger partial charge is 0.260 e. The van der Waals surface area contributed by atoms with Gasteiger partial charge in [0.2, 0.25) is 0 Å². The fourth-order valence-electron chi connectivity index (χ4n) is 8.40. The average molecular weight is 659 g/mol. The van der Waals surface area contributed by atoms with Gasteiger partial charge in [-0.1, -0.05) is 91.6 Å². The van der Waals surface area contributed by atoms with Crippen molar-refractivity contribution >= 4 is 63.7 Å². The summed E-state index contributed by atoms with van der Waals surface area (Å²) in [4.78, 5) is 0. The minimum atomic E-state index is -0.115. The molecule has 0 amide bonds. The Kier molecular flexibility index (Phi) is 6.82. The van der Waals surface area contributed by atoms with E-state index in [1.165, 1.54) is 33.3 Å². The maximum Gasteiger partial charge on any atom is 0.260 e. The van der Waals surface area contributed by atoms with Crippen molar-refractivity contribution in [3.8, 4) is 22.9 Å². The van der Waals surface area contributed by atoms with Crippen molar-refractivity contribution in [1.82, 2.24) is 9.13 Å². The van der Waals surface area contributed by atoms with E-state index < -0.39 is 0 Å². The number of benzene rings is 4. The van der Waals surface area contributed by atoms with E-state index in [0.29, 0.717) is 0 Å². The van der Waals surface area contributed by atoms with Crippen LogP contribution < -0.4 is 20.4 Å². The van der Waals surface area contributed by atoms with Crippen molar-refractivity contribution < 1.29 is 9.47 Å². The monoisotopic (exact) mass is 658 g/mol. The molecular weight excluding hydrogens is 623 g/mol. The van der Waals surface area contributed by atoms with Gasteiger partial charge in [0.1, 0.15) is 23.0 Å². The van der Waals surface area contributed by atoms with E-state index in [0.717, 1.165) is 81.1 Å². The number of aromatic nitrogens is 2. The van der Waals surface area contributed by atoms with Crippen molar-refractivity contribution in [3.05, 3.63) is 167 Å². The second-order valence-corrected chi connectivity index (χ2v) is 13.4. The van der Waals surface area contributed by atoms with Crippen LogP contribution >= 0.6 is 0 Å². The van der Waals surface area contributed by atoms with Crippen LogP contribution in [0.1, 0.15) is 48.7 Å². The van der Waals surface area contributed by atoms with Crippen LogP contribution in [-0.4, -0.2) is 15.8 Å². The SMILES string of the molecule is C=CC1=C2B(c3cc4c5c(n(-c6ccccc6)c4cc3O1)/C=C\CC/C=C\5)c1cc3c4c(n(-c5ccccc5)c3cc1O/C2=C/C)C=CCC=C4. The molecule has 0 fully saturated rings. The van der Waals surface area contributed by atoms with Crippen molar-refractivity contribution in [1.29, 1.82) is 0 Å². The zero-order valence-electron chi connectivity index (χ0n) is 28.5. The highest BCUT2D eigenvalue weighted by Gasteiger charge is 2.42. The molecule has 0 atom stereocenters. The highest BCUT2D eigenvalue weighted by atomic mass is 16.5. The third-order valence-corrected chi connectivity index (χ3v) is 10.6. The molecule has 2 aromatic heterocycles. The van der Waals surface area contributed by atoms with Crippen molar-refractivity contribution in [2.24, 2.45) is 0 Å². The summed E-state index contributed by atoms with van der Waals surface area (Å²) in [6.45, 7) is 6.14. The fraction of sp³-hybridized carbons (Fsp3) is 0.0870. The topological polar surface area (TPSA) is 28.3 Å². The molecule has 0 N–H and O–H groups in total. The number of rotatable bonds is 3. The van der Waals surface area contributed by atoms with Crippen molar-refractivity contribution in [2.45, 2.75) is 26.2 Å². The van der Waals surface area contributed by atoms with E-state index in [1.807, 2.05) is 13.0 Å². The largest absolute Gasteiger partial charge is 0.459 e. The standard InChI is InChI=1S/C46H35BN2O2/c1-3-42-46-43(4-2)51-45-29-41-35(33-23-15-9-17-25-39(33)49(41)31-20-12-8-13-21-31)27-37(45)47(46)36-26-34-32-22-14-5-6-16-24-38(32)48(30-18-10-7-11-19-30)40(34)28-44(36)50-42/h3-4,7-8,10-29H,1,5-6,9H2,2H3/b22-14-,24-16-,43-4+. The van der Waals surface area contributed by atoms with Gasteiger partial charge in [0.05, 0.1) is 22.4 Å². The summed E-state index contributed by atoms with van der Waals surface area (Å²) in [6, 6.07) is 30.5. The summed E-state index contributed by atoms with van der Waals surface area (Å²) < 4.78 is 18.4. The molecule has 2 aliphatic heterocycles. The molecule has 4 aromatic carbocycles. The molecule has 0 unspecified atom stereocenters. The first-order valence-corrected chi connectivity index (χ1v) is 17.8. The van der Waals surface area contributed by atoms with Crippen LogP contribution in [0.5, 0.6) is 11.5 Å². The normalized spacial score (nSPS) is 17.7. The molecule has 5 heteroatoms. The van der Waals surface area contributed by atoms with Crippen molar-refractivity contribution in [2.75, 3.05) is 0 Å². The van der Waals surface area contributed by atoms with Gasteiger partial charge in [-0.05, 0) is 85.7 Å². The quantitative estimate of drug-likeness (QED) is 0.177. The average Bonchev–Trinajstić information content (AvgIpc) is 3.48. The zero-order valence-corrected chi connectivity index (χ0v) is 28.5. The minimum Gasteiger partial charge on any atom is -0.459 e. The Hall–Kier alpha value is -6.20. The molecule has 4 heterocycles. The summed E-state index contributed by atoms with van der Waals surface area (Å²) in [6.07, 6.45) is 25.0. The van der Waals surface area contributed by atoms with Crippen LogP contribution in [0.25, 0.3) is 57.5 Å². The van der Waals surface area contributed by atoms with E-state index >= 15 is 0 Å². The van der Waals surface area contributed by atoms with Crippen molar-refractivity contribution in [3.63, 3.8) is 0 Å². The summed E-state index contributed by atoms with van der Waals surface area (Å²) in [5.74, 6) is 3.23. The maximum atomic E-state index is 6.83. The Morgan fingerprint density at radius 2 is 1.18 bits per heavy atom. The zero-order chi connectivity index (χ0) is 34.1. The number of ether oxygens (including phenoxy) is 2. The van der Waals surface area contributed by atoms with Gasteiger partial charge in [-0.3, -0.25) is 0 Å². The number of para-hydroxylation sites is 2. The van der Waals surface area contributed by atoms with Gasteiger partial charge in [0.15, 0.2) is 0 Å². The number of nitrogens with zero attached hydrogens (tertiary/aromatic N) is 2. The highest BCUT2D eigenvalue weighted by Crippen LogP contribution is 2.42. The third kappa shape index (κ3) is 4.47. The van der Waals surface area contributed by atoms with Crippen LogP contribution in [0.2, 0.25) is 0 Å². The van der Waals surface area contributed by atoms with Gasteiger partial charge in [-0.2, -0.15) is 0 Å². The Morgan fingerprint density at radius 3 is 1.76 bits per heavy atom. The van der Waals surface area contributed by atoms with E-state index in [9.17, 15) is 0 Å².